The highest BCUT2D eigenvalue weighted by Gasteiger charge is 2.04. The Labute approximate surface area is 66.7 Å². The molecule has 0 aromatic heterocycles. The number of nitrogens with one attached hydrogen (secondary N) is 1. The van der Waals surface area contributed by atoms with Gasteiger partial charge < -0.3 is 5.73 Å². The summed E-state index contributed by atoms with van der Waals surface area (Å²) in [6.07, 6.45) is 2.08. The van der Waals surface area contributed by atoms with Crippen LogP contribution in [0.1, 0.15) is 26.2 Å². The van der Waals surface area contributed by atoms with Gasteiger partial charge in [-0.2, -0.15) is 0 Å². The van der Waals surface area contributed by atoms with E-state index in [-0.39, 0.29) is 5.91 Å². The molecule has 4 heteroatoms. The summed E-state index contributed by atoms with van der Waals surface area (Å²) in [5.41, 5.74) is 6.91. The lowest BCUT2D eigenvalue weighted by atomic mass is 10.0. The van der Waals surface area contributed by atoms with Crippen molar-refractivity contribution < 1.29 is 10.0 Å². The zero-order valence-electron chi connectivity index (χ0n) is 6.84. The number of nitrogens with two attached hydrogens (primary N) is 1. The van der Waals surface area contributed by atoms with Gasteiger partial charge in [0.15, 0.2) is 0 Å². The monoisotopic (exact) mass is 160 g/mol. The van der Waals surface area contributed by atoms with Gasteiger partial charge in [0.25, 0.3) is 0 Å². The van der Waals surface area contributed by atoms with Crippen molar-refractivity contribution in [3.8, 4) is 0 Å². The minimum atomic E-state index is -0.325. The Morgan fingerprint density at radius 3 is 2.73 bits per heavy atom. The molecule has 1 amide bonds. The summed E-state index contributed by atoms with van der Waals surface area (Å²) in [6, 6.07) is 0. The number of carbonyl (C=O) groups excluding carboxylic acids is 1. The molecule has 0 bridgehead atoms. The Morgan fingerprint density at radius 2 is 2.27 bits per heavy atom. The molecule has 1 atom stereocenters. The van der Waals surface area contributed by atoms with Gasteiger partial charge in [-0.1, -0.05) is 6.92 Å². The van der Waals surface area contributed by atoms with Crippen LogP contribution in [-0.4, -0.2) is 17.7 Å². The Bertz CT molecular complexity index is 117. The molecule has 0 spiro atoms. The topological polar surface area (TPSA) is 75.4 Å². The molecule has 0 aliphatic heterocycles. The van der Waals surface area contributed by atoms with Crippen LogP contribution < -0.4 is 11.2 Å². The van der Waals surface area contributed by atoms with Gasteiger partial charge in [0.1, 0.15) is 0 Å². The molecule has 0 radical (unpaired) electrons. The number of rotatable bonds is 5. The highest BCUT2D eigenvalue weighted by atomic mass is 16.5. The van der Waals surface area contributed by atoms with Crippen molar-refractivity contribution in [2.24, 2.45) is 11.7 Å². The Kier molecular flexibility index (Phi) is 5.78. The van der Waals surface area contributed by atoms with Gasteiger partial charge in [0, 0.05) is 6.42 Å². The van der Waals surface area contributed by atoms with E-state index in [4.69, 9.17) is 10.9 Å². The molecule has 4 nitrogen and oxygen atoms in total. The molecule has 0 aliphatic rings. The lowest BCUT2D eigenvalue weighted by molar-refractivity contribution is -0.129. The van der Waals surface area contributed by atoms with E-state index in [1.165, 1.54) is 0 Å². The summed E-state index contributed by atoms with van der Waals surface area (Å²) < 4.78 is 0. The lowest BCUT2D eigenvalue weighted by Crippen LogP contribution is -2.19. The number of hydroxylamine groups is 1. The van der Waals surface area contributed by atoms with Crippen LogP contribution in [-0.2, 0) is 4.79 Å². The third-order valence-electron chi connectivity index (χ3n) is 1.65. The number of hydrogen-bond donors (Lipinski definition) is 3. The standard InChI is InChI=1S/C7H16N2O2/c1-6(4-5-8)2-3-7(10)9-11/h6,11H,2-5,8H2,1H3,(H,9,10). The molecule has 0 aromatic carbocycles. The van der Waals surface area contributed by atoms with Crippen molar-refractivity contribution in [3.63, 3.8) is 0 Å². The molecule has 66 valence electrons. The molecule has 11 heavy (non-hydrogen) atoms. The molecule has 0 saturated heterocycles. The normalized spacial score (nSPS) is 12.6. The SMILES string of the molecule is CC(CCN)CCC(=O)NO. The van der Waals surface area contributed by atoms with Crippen molar-refractivity contribution in [2.75, 3.05) is 6.54 Å². The van der Waals surface area contributed by atoms with E-state index in [0.29, 0.717) is 18.9 Å². The second-order valence-electron chi connectivity index (χ2n) is 2.76. The average molecular weight is 160 g/mol. The van der Waals surface area contributed by atoms with E-state index >= 15 is 0 Å². The van der Waals surface area contributed by atoms with E-state index in [2.05, 4.69) is 0 Å². The molecular formula is C7H16N2O2. The summed E-state index contributed by atoms with van der Waals surface area (Å²) in [6.45, 7) is 2.69. The van der Waals surface area contributed by atoms with E-state index < -0.39 is 0 Å². The zero-order chi connectivity index (χ0) is 8.69. The first-order valence-electron chi connectivity index (χ1n) is 3.83. The molecule has 0 aliphatic carbocycles. The van der Waals surface area contributed by atoms with E-state index in [9.17, 15) is 4.79 Å². The summed E-state index contributed by atoms with van der Waals surface area (Å²) in [4.78, 5) is 10.5. The second-order valence-corrected chi connectivity index (χ2v) is 2.76. The quantitative estimate of drug-likeness (QED) is 0.399. The smallest absolute Gasteiger partial charge is 0.243 e. The predicted molar refractivity (Wildman–Crippen MR) is 42.0 cm³/mol. The fourth-order valence-corrected chi connectivity index (χ4v) is 0.862. The number of carbonyl (C=O) groups is 1. The average Bonchev–Trinajstić information content (AvgIpc) is 2.01. The Hall–Kier alpha value is -0.610. The molecule has 0 heterocycles. The van der Waals surface area contributed by atoms with Gasteiger partial charge in [-0.25, -0.2) is 5.48 Å². The Morgan fingerprint density at radius 1 is 1.64 bits per heavy atom. The molecule has 0 rings (SSSR count). The van der Waals surface area contributed by atoms with Gasteiger partial charge in [-0.05, 0) is 25.3 Å². The molecule has 1 unspecified atom stereocenters. The van der Waals surface area contributed by atoms with Gasteiger partial charge >= 0.3 is 0 Å². The predicted octanol–water partition coefficient (Wildman–Crippen LogP) is 0.257. The molecule has 0 fully saturated rings. The first-order valence-corrected chi connectivity index (χ1v) is 3.83. The molecule has 0 aromatic rings. The van der Waals surface area contributed by atoms with E-state index in [1.807, 2.05) is 6.92 Å². The maximum atomic E-state index is 10.5. The van der Waals surface area contributed by atoms with Crippen molar-refractivity contribution in [1.82, 2.24) is 5.48 Å². The second kappa shape index (κ2) is 6.12. The van der Waals surface area contributed by atoms with Crippen LogP contribution in [0.3, 0.4) is 0 Å². The maximum Gasteiger partial charge on any atom is 0.243 e. The summed E-state index contributed by atoms with van der Waals surface area (Å²) >= 11 is 0. The number of hydrogen-bond acceptors (Lipinski definition) is 3. The summed E-state index contributed by atoms with van der Waals surface area (Å²) in [7, 11) is 0. The summed E-state index contributed by atoms with van der Waals surface area (Å²) in [5, 5.41) is 8.15. The van der Waals surface area contributed by atoms with E-state index in [1.54, 1.807) is 5.48 Å². The van der Waals surface area contributed by atoms with Crippen LogP contribution >= 0.6 is 0 Å². The molecule has 0 saturated carbocycles. The third-order valence-corrected chi connectivity index (χ3v) is 1.65. The fourth-order valence-electron chi connectivity index (χ4n) is 0.862. The maximum absolute atomic E-state index is 10.5. The Balaban J connectivity index is 3.29. The highest BCUT2D eigenvalue weighted by Crippen LogP contribution is 2.08. The van der Waals surface area contributed by atoms with Gasteiger partial charge in [0.05, 0.1) is 0 Å². The highest BCUT2D eigenvalue weighted by molar-refractivity contribution is 5.74. The van der Waals surface area contributed by atoms with Crippen molar-refractivity contribution >= 4 is 5.91 Å². The van der Waals surface area contributed by atoms with Crippen molar-refractivity contribution in [3.05, 3.63) is 0 Å². The first-order chi connectivity index (χ1) is 5.20. The largest absolute Gasteiger partial charge is 0.330 e. The lowest BCUT2D eigenvalue weighted by Gasteiger charge is -2.07. The third kappa shape index (κ3) is 5.82. The summed E-state index contributed by atoms with van der Waals surface area (Å²) in [5.74, 6) is 0.131. The van der Waals surface area contributed by atoms with Crippen molar-refractivity contribution in [1.29, 1.82) is 0 Å². The molecule has 4 N–H and O–H groups in total. The van der Waals surface area contributed by atoms with Crippen LogP contribution in [0.4, 0.5) is 0 Å². The van der Waals surface area contributed by atoms with Crippen LogP contribution in [0.2, 0.25) is 0 Å². The fraction of sp³-hybridized carbons (Fsp3) is 0.857. The van der Waals surface area contributed by atoms with Gasteiger partial charge in [0.2, 0.25) is 5.91 Å². The zero-order valence-corrected chi connectivity index (χ0v) is 6.84. The van der Waals surface area contributed by atoms with Crippen LogP contribution in [0.5, 0.6) is 0 Å². The van der Waals surface area contributed by atoms with Crippen LogP contribution in [0.15, 0.2) is 0 Å². The van der Waals surface area contributed by atoms with Crippen LogP contribution in [0.25, 0.3) is 0 Å². The van der Waals surface area contributed by atoms with E-state index in [0.717, 1.165) is 12.8 Å². The first kappa shape index (κ1) is 10.4. The van der Waals surface area contributed by atoms with Gasteiger partial charge in [-0.15, -0.1) is 0 Å². The minimum Gasteiger partial charge on any atom is -0.330 e. The van der Waals surface area contributed by atoms with Crippen molar-refractivity contribution in [2.45, 2.75) is 26.2 Å². The minimum absolute atomic E-state index is 0.325. The van der Waals surface area contributed by atoms with Crippen LogP contribution in [0, 0.1) is 5.92 Å². The molecular weight excluding hydrogens is 144 g/mol. The number of amides is 1. The van der Waals surface area contributed by atoms with Gasteiger partial charge in [-0.3, -0.25) is 10.0 Å².